The number of nitrogens with one attached hydrogen (secondary N) is 1. The van der Waals surface area contributed by atoms with Gasteiger partial charge in [-0.25, -0.2) is 12.9 Å². The van der Waals surface area contributed by atoms with Crippen LogP contribution in [-0.4, -0.2) is 33.9 Å². The van der Waals surface area contributed by atoms with Crippen molar-refractivity contribution in [2.75, 3.05) is 5.32 Å². The number of hydrogen-bond donors (Lipinski definition) is 1. The second-order valence-corrected chi connectivity index (χ2v) is 9.51. The SMILES string of the molecule is O=C(Nc1nc2cccc(-c3ccc(S(=O)(=O)Cc4cccnc4)cc3)n2n1)C1CC1. The molecule has 0 spiro atoms. The maximum absolute atomic E-state index is 12.7. The predicted octanol–water partition coefficient (Wildman–Crippen LogP) is 3.11. The minimum Gasteiger partial charge on any atom is -0.293 e. The number of fused-ring (bicyclic) bond motifs is 1. The third-order valence-electron chi connectivity index (χ3n) is 5.13. The summed E-state index contributed by atoms with van der Waals surface area (Å²) in [6.07, 6.45) is 4.97. The van der Waals surface area contributed by atoms with Crippen LogP contribution in [0.15, 0.2) is 71.9 Å². The molecule has 0 radical (unpaired) electrons. The van der Waals surface area contributed by atoms with E-state index in [9.17, 15) is 13.2 Å². The first-order chi connectivity index (χ1) is 15.0. The van der Waals surface area contributed by atoms with Crippen molar-refractivity contribution in [1.29, 1.82) is 0 Å². The van der Waals surface area contributed by atoms with E-state index < -0.39 is 9.84 Å². The Bertz CT molecular complexity index is 1360. The van der Waals surface area contributed by atoms with E-state index >= 15 is 0 Å². The standard InChI is InChI=1S/C22H19N5O3S/c28-21(17-6-7-17)25-22-24-20-5-1-4-19(27(20)26-22)16-8-10-18(11-9-16)31(29,30)14-15-3-2-12-23-13-15/h1-5,8-13,17H,6-7,14H2,(H,25,26,28). The number of rotatable bonds is 6. The Kier molecular flexibility index (Phi) is 4.74. The molecule has 156 valence electrons. The molecule has 9 heteroatoms. The van der Waals surface area contributed by atoms with E-state index in [1.165, 1.54) is 0 Å². The number of hydrogen-bond acceptors (Lipinski definition) is 6. The lowest BCUT2D eigenvalue weighted by Crippen LogP contribution is -2.14. The van der Waals surface area contributed by atoms with Crippen molar-refractivity contribution in [2.45, 2.75) is 23.5 Å². The zero-order chi connectivity index (χ0) is 21.4. The molecule has 1 fully saturated rings. The van der Waals surface area contributed by atoms with Gasteiger partial charge in [-0.15, -0.1) is 5.10 Å². The lowest BCUT2D eigenvalue weighted by Gasteiger charge is -2.07. The van der Waals surface area contributed by atoms with Crippen LogP contribution in [0.1, 0.15) is 18.4 Å². The fraction of sp³-hybridized carbons (Fsp3) is 0.182. The topological polar surface area (TPSA) is 106 Å². The van der Waals surface area contributed by atoms with E-state index in [1.807, 2.05) is 12.1 Å². The summed E-state index contributed by atoms with van der Waals surface area (Å²) in [7, 11) is -3.49. The van der Waals surface area contributed by atoms with Crippen LogP contribution in [0.3, 0.4) is 0 Å². The second kappa shape index (κ2) is 7.59. The van der Waals surface area contributed by atoms with E-state index in [2.05, 4.69) is 20.4 Å². The molecule has 31 heavy (non-hydrogen) atoms. The molecular formula is C22H19N5O3S. The van der Waals surface area contributed by atoms with Crippen LogP contribution >= 0.6 is 0 Å². The van der Waals surface area contributed by atoms with E-state index in [-0.39, 0.29) is 28.4 Å². The molecule has 0 bridgehead atoms. The first-order valence-corrected chi connectivity index (χ1v) is 11.5. The first kappa shape index (κ1) is 19.4. The third-order valence-corrected chi connectivity index (χ3v) is 6.84. The lowest BCUT2D eigenvalue weighted by atomic mass is 10.1. The molecule has 3 aromatic heterocycles. The summed E-state index contributed by atoms with van der Waals surface area (Å²) < 4.78 is 27.1. The van der Waals surface area contributed by atoms with E-state index in [1.54, 1.807) is 59.4 Å². The van der Waals surface area contributed by atoms with Gasteiger partial charge in [-0.2, -0.15) is 4.98 Å². The van der Waals surface area contributed by atoms with Crippen molar-refractivity contribution in [3.8, 4) is 11.3 Å². The minimum atomic E-state index is -3.49. The van der Waals surface area contributed by atoms with Gasteiger partial charge in [-0.05, 0) is 48.7 Å². The average molecular weight is 433 g/mol. The van der Waals surface area contributed by atoms with Crippen molar-refractivity contribution >= 4 is 27.3 Å². The molecule has 1 N–H and O–H groups in total. The van der Waals surface area contributed by atoms with Gasteiger partial charge in [0.1, 0.15) is 0 Å². The number of carbonyl (C=O) groups is 1. The Morgan fingerprint density at radius 1 is 1.06 bits per heavy atom. The third kappa shape index (κ3) is 4.04. The van der Waals surface area contributed by atoms with Crippen molar-refractivity contribution < 1.29 is 13.2 Å². The van der Waals surface area contributed by atoms with Gasteiger partial charge >= 0.3 is 0 Å². The van der Waals surface area contributed by atoms with Gasteiger partial charge in [0.05, 0.1) is 16.3 Å². The number of anilines is 1. The monoisotopic (exact) mass is 433 g/mol. The molecule has 5 rings (SSSR count). The summed E-state index contributed by atoms with van der Waals surface area (Å²) in [5, 5.41) is 7.17. The number of nitrogens with zero attached hydrogens (tertiary/aromatic N) is 4. The molecule has 0 aliphatic heterocycles. The molecule has 1 amide bonds. The molecule has 1 saturated carbocycles. The quantitative estimate of drug-likeness (QED) is 0.501. The fourth-order valence-electron chi connectivity index (χ4n) is 3.35. The summed E-state index contributed by atoms with van der Waals surface area (Å²) in [5.41, 5.74) is 2.76. The average Bonchev–Trinajstić information content (AvgIpc) is 3.54. The molecule has 0 saturated heterocycles. The maximum Gasteiger partial charge on any atom is 0.249 e. The summed E-state index contributed by atoms with van der Waals surface area (Å²) in [5.74, 6) is 0.163. The van der Waals surface area contributed by atoms with Gasteiger partial charge in [-0.3, -0.25) is 15.1 Å². The number of aromatic nitrogens is 4. The van der Waals surface area contributed by atoms with Crippen molar-refractivity contribution in [2.24, 2.45) is 5.92 Å². The highest BCUT2D eigenvalue weighted by molar-refractivity contribution is 7.90. The van der Waals surface area contributed by atoms with Crippen LogP contribution in [0.5, 0.6) is 0 Å². The largest absolute Gasteiger partial charge is 0.293 e. The normalized spacial score (nSPS) is 13.9. The maximum atomic E-state index is 12.7. The van der Waals surface area contributed by atoms with Crippen molar-refractivity contribution in [3.05, 3.63) is 72.6 Å². The highest BCUT2D eigenvalue weighted by Crippen LogP contribution is 2.30. The smallest absolute Gasteiger partial charge is 0.249 e. The predicted molar refractivity (Wildman–Crippen MR) is 115 cm³/mol. The van der Waals surface area contributed by atoms with E-state index in [4.69, 9.17) is 0 Å². The van der Waals surface area contributed by atoms with Gasteiger partial charge in [0, 0.05) is 23.9 Å². The van der Waals surface area contributed by atoms with Crippen LogP contribution < -0.4 is 5.32 Å². The molecule has 1 aromatic carbocycles. The Morgan fingerprint density at radius 3 is 2.58 bits per heavy atom. The van der Waals surface area contributed by atoms with Crippen LogP contribution in [0, 0.1) is 5.92 Å². The van der Waals surface area contributed by atoms with Crippen molar-refractivity contribution in [1.82, 2.24) is 19.6 Å². The Morgan fingerprint density at radius 2 is 1.87 bits per heavy atom. The van der Waals surface area contributed by atoms with E-state index in [0.717, 1.165) is 24.1 Å². The summed E-state index contributed by atoms with van der Waals surface area (Å²) >= 11 is 0. The van der Waals surface area contributed by atoms with Gasteiger partial charge < -0.3 is 0 Å². The van der Waals surface area contributed by atoms with Gasteiger partial charge in [0.25, 0.3) is 0 Å². The van der Waals surface area contributed by atoms with Crippen molar-refractivity contribution in [3.63, 3.8) is 0 Å². The fourth-order valence-corrected chi connectivity index (χ4v) is 4.68. The summed E-state index contributed by atoms with van der Waals surface area (Å²) in [6, 6.07) is 15.6. The highest BCUT2D eigenvalue weighted by atomic mass is 32.2. The molecular weight excluding hydrogens is 414 g/mol. The molecule has 0 unspecified atom stereocenters. The first-order valence-electron chi connectivity index (χ1n) is 9.88. The summed E-state index contributed by atoms with van der Waals surface area (Å²) in [6.45, 7) is 0. The Balaban J connectivity index is 1.42. The molecule has 3 heterocycles. The zero-order valence-corrected chi connectivity index (χ0v) is 17.3. The molecule has 8 nitrogen and oxygen atoms in total. The van der Waals surface area contributed by atoms with Crippen LogP contribution in [-0.2, 0) is 20.4 Å². The Hall–Kier alpha value is -3.59. The molecule has 0 atom stereocenters. The number of benzene rings is 1. The number of sulfone groups is 1. The van der Waals surface area contributed by atoms with E-state index in [0.29, 0.717) is 11.2 Å². The van der Waals surface area contributed by atoms with Gasteiger partial charge in [0.2, 0.25) is 11.9 Å². The lowest BCUT2D eigenvalue weighted by molar-refractivity contribution is -0.117. The van der Waals surface area contributed by atoms with Crippen LogP contribution in [0.2, 0.25) is 0 Å². The number of carbonyl (C=O) groups excluding carboxylic acids is 1. The second-order valence-electron chi connectivity index (χ2n) is 7.52. The van der Waals surface area contributed by atoms with Crippen LogP contribution in [0.25, 0.3) is 16.9 Å². The van der Waals surface area contributed by atoms with Gasteiger partial charge in [-0.1, -0.05) is 24.3 Å². The van der Waals surface area contributed by atoms with Gasteiger partial charge in [0.15, 0.2) is 15.5 Å². The molecule has 4 aromatic rings. The number of pyridine rings is 2. The summed E-state index contributed by atoms with van der Waals surface area (Å²) in [4.78, 5) is 20.6. The highest BCUT2D eigenvalue weighted by Gasteiger charge is 2.30. The Labute approximate surface area is 178 Å². The van der Waals surface area contributed by atoms with Crippen LogP contribution in [0.4, 0.5) is 5.95 Å². The molecule has 1 aliphatic rings. The molecule has 1 aliphatic carbocycles. The number of amides is 1. The zero-order valence-electron chi connectivity index (χ0n) is 16.5. The minimum absolute atomic E-state index is 0.0550.